The number of nitrogens with zero attached hydrogens (tertiary/aromatic N) is 3. The topological polar surface area (TPSA) is 81.0 Å². The van der Waals surface area contributed by atoms with E-state index in [0.29, 0.717) is 4.47 Å². The molecule has 1 heterocycles. The molecule has 0 atom stereocenters. The van der Waals surface area contributed by atoms with E-state index in [9.17, 15) is 14.5 Å². The van der Waals surface area contributed by atoms with Gasteiger partial charge >= 0.3 is 5.69 Å². The molecule has 0 saturated carbocycles. The third-order valence-electron chi connectivity index (χ3n) is 2.14. The second kappa shape index (κ2) is 5.45. The van der Waals surface area contributed by atoms with Crippen LogP contribution >= 0.6 is 27.5 Å². The van der Waals surface area contributed by atoms with E-state index in [-0.39, 0.29) is 16.8 Å². The lowest BCUT2D eigenvalue weighted by Crippen LogP contribution is -2.03. The van der Waals surface area contributed by atoms with Crippen LogP contribution in [0.4, 0.5) is 21.6 Å². The number of rotatable bonds is 3. The van der Waals surface area contributed by atoms with Gasteiger partial charge in [0.2, 0.25) is 11.1 Å². The highest BCUT2D eigenvalue weighted by molar-refractivity contribution is 9.10. The Morgan fingerprint density at radius 2 is 2.21 bits per heavy atom. The summed E-state index contributed by atoms with van der Waals surface area (Å²) in [5.41, 5.74) is -0.375. The van der Waals surface area contributed by atoms with Crippen molar-refractivity contribution in [1.82, 2.24) is 9.97 Å². The Morgan fingerprint density at radius 3 is 2.84 bits per heavy atom. The second-order valence-electron chi connectivity index (χ2n) is 3.35. The first-order valence-electron chi connectivity index (χ1n) is 4.87. The minimum atomic E-state index is -0.687. The van der Waals surface area contributed by atoms with Crippen LogP contribution in [-0.2, 0) is 0 Å². The van der Waals surface area contributed by atoms with Crippen LogP contribution in [0.5, 0.6) is 0 Å². The van der Waals surface area contributed by atoms with E-state index in [1.165, 1.54) is 12.1 Å². The third kappa shape index (κ3) is 2.96. The maximum atomic E-state index is 13.6. The average Bonchev–Trinajstić information content (AvgIpc) is 2.33. The molecule has 0 radical (unpaired) electrons. The molecule has 0 aliphatic heterocycles. The van der Waals surface area contributed by atoms with Crippen molar-refractivity contribution in [3.8, 4) is 0 Å². The van der Waals surface area contributed by atoms with Gasteiger partial charge in [0, 0.05) is 4.47 Å². The van der Waals surface area contributed by atoms with Crippen molar-refractivity contribution in [2.45, 2.75) is 0 Å². The Morgan fingerprint density at radius 1 is 1.47 bits per heavy atom. The van der Waals surface area contributed by atoms with E-state index in [2.05, 4.69) is 31.2 Å². The first-order valence-corrected chi connectivity index (χ1v) is 6.04. The van der Waals surface area contributed by atoms with E-state index in [0.717, 1.165) is 6.20 Å². The van der Waals surface area contributed by atoms with Gasteiger partial charge < -0.3 is 5.32 Å². The zero-order chi connectivity index (χ0) is 14.0. The molecule has 0 saturated heterocycles. The Hall–Kier alpha value is -1.80. The Bertz CT molecular complexity index is 635. The van der Waals surface area contributed by atoms with Crippen molar-refractivity contribution in [3.63, 3.8) is 0 Å². The van der Waals surface area contributed by atoms with Crippen LogP contribution in [0.25, 0.3) is 0 Å². The lowest BCUT2D eigenvalue weighted by atomic mass is 10.3. The number of halogens is 3. The number of nitro groups is 1. The lowest BCUT2D eigenvalue weighted by molar-refractivity contribution is -0.384. The molecule has 2 rings (SSSR count). The molecule has 0 bridgehead atoms. The predicted octanol–water partition coefficient (Wildman–Crippen LogP) is 3.68. The monoisotopic (exact) mass is 346 g/mol. The highest BCUT2D eigenvalue weighted by Crippen LogP contribution is 2.31. The summed E-state index contributed by atoms with van der Waals surface area (Å²) < 4.78 is 14.0. The van der Waals surface area contributed by atoms with Crippen molar-refractivity contribution in [2.75, 3.05) is 5.32 Å². The van der Waals surface area contributed by atoms with E-state index in [4.69, 9.17) is 11.6 Å². The SMILES string of the molecule is O=[N+]([O-])c1cnc(Cl)nc1Nc1c(F)cccc1Br. The molecular formula is C10H5BrClFN4O2. The van der Waals surface area contributed by atoms with Crippen LogP contribution in [0.15, 0.2) is 28.9 Å². The molecule has 0 spiro atoms. The van der Waals surface area contributed by atoms with Crippen molar-refractivity contribution in [2.24, 2.45) is 0 Å². The van der Waals surface area contributed by atoms with E-state index in [1.54, 1.807) is 6.07 Å². The van der Waals surface area contributed by atoms with Gasteiger partial charge in [0.05, 0.1) is 10.6 Å². The van der Waals surface area contributed by atoms with Crippen molar-refractivity contribution in [3.05, 3.63) is 50.1 Å². The summed E-state index contributed by atoms with van der Waals surface area (Å²) in [5.74, 6) is -0.769. The van der Waals surface area contributed by atoms with Gasteiger partial charge in [-0.2, -0.15) is 4.98 Å². The van der Waals surface area contributed by atoms with Gasteiger partial charge in [-0.3, -0.25) is 10.1 Å². The maximum absolute atomic E-state index is 13.6. The number of benzene rings is 1. The summed E-state index contributed by atoms with van der Waals surface area (Å²) in [4.78, 5) is 17.3. The van der Waals surface area contributed by atoms with Crippen molar-refractivity contribution in [1.29, 1.82) is 0 Å². The van der Waals surface area contributed by atoms with Gasteiger partial charge in [-0.1, -0.05) is 6.07 Å². The first-order chi connectivity index (χ1) is 8.99. The zero-order valence-corrected chi connectivity index (χ0v) is 11.4. The van der Waals surface area contributed by atoms with Crippen LogP contribution < -0.4 is 5.32 Å². The Kier molecular flexibility index (Phi) is 3.91. The normalized spacial score (nSPS) is 10.3. The van der Waals surface area contributed by atoms with E-state index in [1.807, 2.05) is 0 Å². The number of aromatic nitrogens is 2. The molecule has 0 amide bonds. The predicted molar refractivity (Wildman–Crippen MR) is 71.1 cm³/mol. The molecule has 19 heavy (non-hydrogen) atoms. The molecule has 1 aromatic carbocycles. The van der Waals surface area contributed by atoms with Gasteiger partial charge in [0.25, 0.3) is 0 Å². The smallest absolute Gasteiger partial charge is 0.329 e. The largest absolute Gasteiger partial charge is 0.331 e. The summed E-state index contributed by atoms with van der Waals surface area (Å²) in [7, 11) is 0. The fourth-order valence-electron chi connectivity index (χ4n) is 1.32. The molecule has 1 aromatic heterocycles. The number of hydrogen-bond acceptors (Lipinski definition) is 5. The minimum Gasteiger partial charge on any atom is -0.331 e. The molecule has 6 nitrogen and oxygen atoms in total. The molecule has 0 fully saturated rings. The molecule has 9 heteroatoms. The number of hydrogen-bond donors (Lipinski definition) is 1. The Balaban J connectivity index is 2.49. The molecule has 2 aromatic rings. The van der Waals surface area contributed by atoms with E-state index >= 15 is 0 Å². The van der Waals surface area contributed by atoms with Crippen LogP contribution in [0.1, 0.15) is 0 Å². The summed E-state index contributed by atoms with van der Waals surface area (Å²) in [5, 5.41) is 13.2. The second-order valence-corrected chi connectivity index (χ2v) is 4.54. The molecule has 0 aliphatic carbocycles. The van der Waals surface area contributed by atoms with Gasteiger partial charge in [-0.15, -0.1) is 0 Å². The fraction of sp³-hybridized carbons (Fsp3) is 0. The summed E-state index contributed by atoms with van der Waals surface area (Å²) >= 11 is 8.71. The zero-order valence-electron chi connectivity index (χ0n) is 9.10. The van der Waals surface area contributed by atoms with Crippen LogP contribution in [0.3, 0.4) is 0 Å². The van der Waals surface area contributed by atoms with Crippen molar-refractivity contribution >= 4 is 44.7 Å². The Labute approximate surface area is 119 Å². The molecule has 0 unspecified atom stereocenters. The average molecular weight is 348 g/mol. The highest BCUT2D eigenvalue weighted by atomic mass is 79.9. The first kappa shape index (κ1) is 13.6. The number of nitrogens with one attached hydrogen (secondary N) is 1. The van der Waals surface area contributed by atoms with Crippen molar-refractivity contribution < 1.29 is 9.31 Å². The van der Waals surface area contributed by atoms with Crippen LogP contribution in [0, 0.1) is 15.9 Å². The van der Waals surface area contributed by atoms with Gasteiger partial charge in [0.1, 0.15) is 12.0 Å². The molecule has 98 valence electrons. The summed E-state index contributed by atoms with van der Waals surface area (Å²) in [6.07, 6.45) is 0.951. The van der Waals surface area contributed by atoms with Gasteiger partial charge in [0.15, 0.2) is 0 Å². The molecule has 0 aliphatic rings. The number of anilines is 2. The molecular weight excluding hydrogens is 342 g/mol. The van der Waals surface area contributed by atoms with Gasteiger partial charge in [-0.05, 0) is 39.7 Å². The van der Waals surface area contributed by atoms with Crippen LogP contribution in [-0.4, -0.2) is 14.9 Å². The number of para-hydroxylation sites is 1. The standard InChI is InChI=1S/C10H5BrClFN4O2/c11-5-2-1-3-6(13)8(5)15-9-7(17(18)19)4-14-10(12)16-9/h1-4H,(H,14,15,16). The van der Waals surface area contributed by atoms with Gasteiger partial charge in [-0.25, -0.2) is 9.37 Å². The highest BCUT2D eigenvalue weighted by Gasteiger charge is 2.19. The minimum absolute atomic E-state index is 0.0281. The summed E-state index contributed by atoms with van der Waals surface area (Å²) in [6.45, 7) is 0. The van der Waals surface area contributed by atoms with E-state index < -0.39 is 16.4 Å². The lowest BCUT2D eigenvalue weighted by Gasteiger charge is -2.08. The van der Waals surface area contributed by atoms with Crippen LogP contribution in [0.2, 0.25) is 5.28 Å². The quantitative estimate of drug-likeness (QED) is 0.520. The summed E-state index contributed by atoms with van der Waals surface area (Å²) in [6, 6.07) is 4.29. The third-order valence-corrected chi connectivity index (χ3v) is 2.99. The fourth-order valence-corrected chi connectivity index (χ4v) is 1.89. The molecule has 1 N–H and O–H groups in total. The maximum Gasteiger partial charge on any atom is 0.329 e.